The number of benzene rings is 2. The van der Waals surface area contributed by atoms with Gasteiger partial charge in [-0.2, -0.15) is 5.10 Å². The molecule has 1 amide bonds. The molecule has 0 saturated heterocycles. The average Bonchev–Trinajstić information content (AvgIpc) is 3.13. The summed E-state index contributed by atoms with van der Waals surface area (Å²) in [5.41, 5.74) is 1.52. The van der Waals surface area contributed by atoms with Gasteiger partial charge in [0, 0.05) is 11.1 Å². The fourth-order valence-electron chi connectivity index (χ4n) is 2.66. The summed E-state index contributed by atoms with van der Waals surface area (Å²) in [4.78, 5) is 13.4. The van der Waals surface area contributed by atoms with Crippen LogP contribution >= 0.6 is 27.7 Å². The molecule has 0 fully saturated rings. The largest absolute Gasteiger partial charge is 0.486 e. The highest BCUT2D eigenvalue weighted by Crippen LogP contribution is 2.34. The number of anilines is 1. The van der Waals surface area contributed by atoms with Crippen LogP contribution in [0.1, 0.15) is 0 Å². The second kappa shape index (κ2) is 8.06. The number of ether oxygens (including phenoxy) is 2. The van der Waals surface area contributed by atoms with Crippen molar-refractivity contribution < 1.29 is 14.3 Å². The van der Waals surface area contributed by atoms with Crippen LogP contribution in [0.4, 0.5) is 5.69 Å². The molecule has 1 aliphatic rings. The third-order valence-corrected chi connectivity index (χ3v) is 5.26. The van der Waals surface area contributed by atoms with Gasteiger partial charge in [-0.1, -0.05) is 12.1 Å². The van der Waals surface area contributed by atoms with E-state index in [9.17, 15) is 4.79 Å². The number of nitrogens with one attached hydrogen (secondary N) is 1. The molecule has 4 rings (SSSR count). The van der Waals surface area contributed by atoms with E-state index in [1.807, 2.05) is 48.7 Å². The quantitative estimate of drug-likeness (QED) is 0.597. The Hall–Kier alpha value is -2.45. The van der Waals surface area contributed by atoms with Crippen LogP contribution < -0.4 is 14.8 Å². The maximum atomic E-state index is 12.4. The fraction of sp³-hybridized carbons (Fsp3) is 0.158. The molecule has 6 nitrogen and oxygen atoms in total. The molecule has 0 aliphatic carbocycles. The summed E-state index contributed by atoms with van der Waals surface area (Å²) in [6.45, 7) is 1.11. The van der Waals surface area contributed by atoms with Gasteiger partial charge in [0.25, 0.3) is 0 Å². The van der Waals surface area contributed by atoms with Gasteiger partial charge >= 0.3 is 0 Å². The maximum absolute atomic E-state index is 12.4. The molecule has 0 unspecified atom stereocenters. The number of hydrogen-bond acceptors (Lipinski definition) is 5. The summed E-state index contributed by atoms with van der Waals surface area (Å²) < 4.78 is 13.7. The van der Waals surface area contributed by atoms with Crippen molar-refractivity contribution in [3.05, 3.63) is 59.3 Å². The van der Waals surface area contributed by atoms with E-state index < -0.39 is 0 Å². The number of halogens is 1. The van der Waals surface area contributed by atoms with Gasteiger partial charge in [-0.25, -0.2) is 4.68 Å². The molecule has 2 aromatic carbocycles. The van der Waals surface area contributed by atoms with Crippen molar-refractivity contribution >= 4 is 39.3 Å². The zero-order valence-corrected chi connectivity index (χ0v) is 16.6. The van der Waals surface area contributed by atoms with Crippen LogP contribution in [0, 0.1) is 0 Å². The summed E-state index contributed by atoms with van der Waals surface area (Å²) in [6.07, 6.45) is 3.55. The van der Waals surface area contributed by atoms with Crippen LogP contribution in [-0.2, 0) is 4.79 Å². The lowest BCUT2D eigenvalue weighted by Gasteiger charge is -2.18. The van der Waals surface area contributed by atoms with Gasteiger partial charge < -0.3 is 14.8 Å². The molecule has 0 spiro atoms. The first-order valence-corrected chi connectivity index (χ1v) is 10.1. The summed E-state index contributed by atoms with van der Waals surface area (Å²) in [7, 11) is 0. The van der Waals surface area contributed by atoms with Crippen LogP contribution in [0.25, 0.3) is 5.69 Å². The van der Waals surface area contributed by atoms with Crippen molar-refractivity contribution in [3.63, 3.8) is 0 Å². The molecule has 8 heteroatoms. The van der Waals surface area contributed by atoms with Gasteiger partial charge in [0.15, 0.2) is 11.5 Å². The molecule has 1 aromatic heterocycles. The zero-order valence-electron chi connectivity index (χ0n) is 14.2. The summed E-state index contributed by atoms with van der Waals surface area (Å²) in [6, 6.07) is 13.3. The highest BCUT2D eigenvalue weighted by Gasteiger charge is 2.13. The molecule has 138 valence electrons. The van der Waals surface area contributed by atoms with Crippen LogP contribution in [0.5, 0.6) is 11.5 Å². The lowest BCUT2D eigenvalue weighted by molar-refractivity contribution is -0.113. The number of thioether (sulfide) groups is 1. The highest BCUT2D eigenvalue weighted by molar-refractivity contribution is 9.10. The standard InChI is InChI=1S/C19H16BrN3O3S/c20-13-10-21-23(11-13)16-4-2-1-3-15(16)22-19(24)12-27-14-5-6-17-18(9-14)26-8-7-25-17/h1-6,9-11H,7-8,12H2,(H,22,24). The van der Waals surface area contributed by atoms with E-state index in [1.165, 1.54) is 11.8 Å². The highest BCUT2D eigenvalue weighted by atomic mass is 79.9. The third kappa shape index (κ3) is 4.28. The first-order chi connectivity index (χ1) is 13.2. The number of fused-ring (bicyclic) bond motifs is 1. The topological polar surface area (TPSA) is 65.4 Å². The number of carbonyl (C=O) groups is 1. The Bertz CT molecular complexity index is 976. The number of para-hydroxylation sites is 2. The van der Waals surface area contributed by atoms with Crippen LogP contribution in [-0.4, -0.2) is 34.7 Å². The Kier molecular flexibility index (Phi) is 5.35. The molecule has 3 aromatic rings. The summed E-state index contributed by atoms with van der Waals surface area (Å²) in [5.74, 6) is 1.67. The first kappa shape index (κ1) is 17.9. The number of carbonyl (C=O) groups excluding carboxylic acids is 1. The molecule has 0 radical (unpaired) electrons. The Labute approximate surface area is 169 Å². The molecule has 0 atom stereocenters. The Morgan fingerprint density at radius 2 is 2.00 bits per heavy atom. The molecule has 0 bridgehead atoms. The lowest BCUT2D eigenvalue weighted by Crippen LogP contribution is -2.16. The molecule has 1 N–H and O–H groups in total. The smallest absolute Gasteiger partial charge is 0.234 e. The minimum Gasteiger partial charge on any atom is -0.486 e. The predicted octanol–water partition coefficient (Wildman–Crippen LogP) is 4.14. The van der Waals surface area contributed by atoms with E-state index in [-0.39, 0.29) is 11.7 Å². The molecular formula is C19H16BrN3O3S. The van der Waals surface area contributed by atoms with E-state index in [0.29, 0.717) is 18.9 Å². The lowest BCUT2D eigenvalue weighted by atomic mass is 10.2. The molecule has 2 heterocycles. The summed E-state index contributed by atoms with van der Waals surface area (Å²) >= 11 is 4.84. The van der Waals surface area contributed by atoms with Gasteiger partial charge in [0.2, 0.25) is 5.91 Å². The van der Waals surface area contributed by atoms with Crippen molar-refractivity contribution in [1.82, 2.24) is 9.78 Å². The Morgan fingerprint density at radius 3 is 2.81 bits per heavy atom. The molecular weight excluding hydrogens is 430 g/mol. The van der Waals surface area contributed by atoms with Gasteiger partial charge in [-0.15, -0.1) is 11.8 Å². The van der Waals surface area contributed by atoms with Crippen LogP contribution in [0.3, 0.4) is 0 Å². The first-order valence-electron chi connectivity index (χ1n) is 8.31. The van der Waals surface area contributed by atoms with E-state index in [1.54, 1.807) is 10.9 Å². The monoisotopic (exact) mass is 445 g/mol. The average molecular weight is 446 g/mol. The maximum Gasteiger partial charge on any atom is 0.234 e. The second-order valence-electron chi connectivity index (χ2n) is 5.76. The van der Waals surface area contributed by atoms with Crippen LogP contribution in [0.2, 0.25) is 0 Å². The van der Waals surface area contributed by atoms with Crippen molar-refractivity contribution in [2.24, 2.45) is 0 Å². The molecule has 27 heavy (non-hydrogen) atoms. The van der Waals surface area contributed by atoms with Crippen molar-refractivity contribution in [1.29, 1.82) is 0 Å². The van der Waals surface area contributed by atoms with E-state index >= 15 is 0 Å². The van der Waals surface area contributed by atoms with Gasteiger partial charge in [-0.05, 0) is 46.3 Å². The van der Waals surface area contributed by atoms with Crippen molar-refractivity contribution in [2.75, 3.05) is 24.3 Å². The van der Waals surface area contributed by atoms with Crippen LogP contribution in [0.15, 0.2) is 64.2 Å². The van der Waals surface area contributed by atoms with Gasteiger partial charge in [0.05, 0.1) is 27.8 Å². The van der Waals surface area contributed by atoms with E-state index in [4.69, 9.17) is 9.47 Å². The number of rotatable bonds is 5. The second-order valence-corrected chi connectivity index (χ2v) is 7.73. The molecule has 0 saturated carbocycles. The Balaban J connectivity index is 1.42. The number of hydrogen-bond donors (Lipinski definition) is 1. The molecule has 1 aliphatic heterocycles. The van der Waals surface area contributed by atoms with E-state index in [0.717, 1.165) is 26.6 Å². The summed E-state index contributed by atoms with van der Waals surface area (Å²) in [5, 5.41) is 7.23. The normalized spacial score (nSPS) is 12.6. The van der Waals surface area contributed by atoms with Crippen molar-refractivity contribution in [2.45, 2.75) is 4.90 Å². The number of amides is 1. The predicted molar refractivity (Wildman–Crippen MR) is 108 cm³/mol. The third-order valence-electron chi connectivity index (χ3n) is 3.86. The minimum absolute atomic E-state index is 0.0893. The van der Waals surface area contributed by atoms with Crippen molar-refractivity contribution in [3.8, 4) is 17.2 Å². The Morgan fingerprint density at radius 1 is 1.19 bits per heavy atom. The SMILES string of the molecule is O=C(CSc1ccc2c(c1)OCCO2)Nc1ccccc1-n1cc(Br)cn1. The minimum atomic E-state index is -0.0893. The van der Waals surface area contributed by atoms with Gasteiger partial charge in [0.1, 0.15) is 13.2 Å². The van der Waals surface area contributed by atoms with Gasteiger partial charge in [-0.3, -0.25) is 4.79 Å². The van der Waals surface area contributed by atoms with E-state index in [2.05, 4.69) is 26.3 Å². The fourth-order valence-corrected chi connectivity index (χ4v) is 3.67. The number of nitrogens with zero attached hydrogens (tertiary/aromatic N) is 2. The number of aromatic nitrogens is 2. The zero-order chi connectivity index (χ0) is 18.6.